The summed E-state index contributed by atoms with van der Waals surface area (Å²) in [6.07, 6.45) is 0.434. The first-order valence-corrected chi connectivity index (χ1v) is 13.3. The fourth-order valence-electron chi connectivity index (χ4n) is 4.43. The minimum atomic E-state index is -4.11. The lowest BCUT2D eigenvalue weighted by Gasteiger charge is -2.32. The molecule has 12 nitrogen and oxygen atoms in total. The number of hydrogen-bond donors (Lipinski definition) is 1. The van der Waals surface area contributed by atoms with E-state index in [9.17, 15) is 18.0 Å². The average molecular weight is 542 g/mol. The number of carbonyl (C=O) groups excluding carboxylic acids is 2. The van der Waals surface area contributed by atoms with Gasteiger partial charge in [0.2, 0.25) is 5.88 Å². The summed E-state index contributed by atoms with van der Waals surface area (Å²) in [6, 6.07) is 8.86. The first-order valence-electron chi connectivity index (χ1n) is 11.9. The molecule has 0 atom stereocenters. The van der Waals surface area contributed by atoms with Gasteiger partial charge in [-0.1, -0.05) is 6.07 Å². The number of amides is 2. The van der Waals surface area contributed by atoms with Crippen molar-refractivity contribution in [3.8, 4) is 5.88 Å². The second kappa shape index (κ2) is 9.40. The average Bonchev–Trinajstić information content (AvgIpc) is 2.86. The largest absolute Gasteiger partial charge is 0.481 e. The van der Waals surface area contributed by atoms with Crippen molar-refractivity contribution >= 4 is 44.8 Å². The van der Waals surface area contributed by atoms with Crippen molar-refractivity contribution in [2.45, 2.75) is 45.9 Å². The number of carbonyl (C=O) groups is 2. The molecule has 2 aliphatic rings. The quantitative estimate of drug-likeness (QED) is 0.525. The van der Waals surface area contributed by atoms with Gasteiger partial charge in [-0.2, -0.15) is 17.7 Å². The van der Waals surface area contributed by atoms with Gasteiger partial charge in [0.25, 0.3) is 0 Å². The van der Waals surface area contributed by atoms with Crippen LogP contribution in [0.25, 0.3) is 11.0 Å². The number of rotatable bonds is 4. The Morgan fingerprint density at radius 2 is 1.92 bits per heavy atom. The molecule has 0 radical (unpaired) electrons. The van der Waals surface area contributed by atoms with Crippen LogP contribution in [0.1, 0.15) is 37.5 Å². The highest BCUT2D eigenvalue weighted by Gasteiger charge is 2.33. The van der Waals surface area contributed by atoms with Crippen LogP contribution >= 0.6 is 0 Å². The van der Waals surface area contributed by atoms with E-state index in [0.717, 1.165) is 16.7 Å². The number of pyridine rings is 2. The lowest BCUT2D eigenvalue weighted by Crippen LogP contribution is -2.47. The second-order valence-corrected chi connectivity index (χ2v) is 11.6. The van der Waals surface area contributed by atoms with E-state index in [1.165, 1.54) is 16.3 Å². The molecule has 0 unspecified atom stereocenters. The van der Waals surface area contributed by atoms with Crippen molar-refractivity contribution in [3.05, 3.63) is 53.2 Å². The van der Waals surface area contributed by atoms with Crippen LogP contribution in [-0.2, 0) is 39.3 Å². The van der Waals surface area contributed by atoms with Crippen LogP contribution in [-0.4, -0.2) is 54.1 Å². The highest BCUT2D eigenvalue weighted by atomic mass is 32.2. The molecule has 2 aromatic heterocycles. The third-order valence-corrected chi connectivity index (χ3v) is 7.51. The van der Waals surface area contributed by atoms with Crippen LogP contribution in [0.3, 0.4) is 0 Å². The van der Waals surface area contributed by atoms with E-state index in [0.29, 0.717) is 34.7 Å². The molecule has 4 heterocycles. The van der Waals surface area contributed by atoms with Crippen LogP contribution in [0.2, 0.25) is 0 Å². The Bertz CT molecular complexity index is 1550. The van der Waals surface area contributed by atoms with E-state index in [1.54, 1.807) is 51.2 Å². The van der Waals surface area contributed by atoms with Gasteiger partial charge in [-0.25, -0.2) is 24.2 Å². The highest BCUT2D eigenvalue weighted by Crippen LogP contribution is 2.39. The van der Waals surface area contributed by atoms with Gasteiger partial charge >= 0.3 is 22.4 Å². The molecule has 200 valence electrons. The summed E-state index contributed by atoms with van der Waals surface area (Å²) in [4.78, 5) is 35.3. The number of nitrogens with one attached hydrogen (secondary N) is 1. The van der Waals surface area contributed by atoms with E-state index < -0.39 is 28.0 Å². The maximum Gasteiger partial charge on any atom is 0.422 e. The Balaban J connectivity index is 1.43. The summed E-state index contributed by atoms with van der Waals surface area (Å²) < 4.78 is 44.4. The maximum atomic E-state index is 13.0. The smallest absolute Gasteiger partial charge is 0.422 e. The van der Waals surface area contributed by atoms with Crippen LogP contribution in [0.15, 0.2) is 36.5 Å². The minimum Gasteiger partial charge on any atom is -0.481 e. The zero-order valence-corrected chi connectivity index (χ0v) is 22.2. The Morgan fingerprint density at radius 1 is 1.13 bits per heavy atom. The van der Waals surface area contributed by atoms with Crippen LogP contribution in [0.5, 0.6) is 5.88 Å². The lowest BCUT2D eigenvalue weighted by atomic mass is 9.99. The van der Waals surface area contributed by atoms with Gasteiger partial charge in [-0.3, -0.25) is 0 Å². The third kappa shape index (κ3) is 4.94. The number of anilines is 2. The SMILES string of the molecule is COc1ccc2c3c(cnc2n1)COC(=O)N3c1ccc2c(c1)CCN(S(=O)(=O)NC(=O)OC(C)(C)C)C2. The molecule has 0 bridgehead atoms. The van der Waals surface area contributed by atoms with Crippen molar-refractivity contribution < 1.29 is 32.2 Å². The van der Waals surface area contributed by atoms with Gasteiger partial charge in [-0.15, -0.1) is 0 Å². The molecule has 38 heavy (non-hydrogen) atoms. The van der Waals surface area contributed by atoms with E-state index in [4.69, 9.17) is 14.2 Å². The lowest BCUT2D eigenvalue weighted by molar-refractivity contribution is 0.0566. The molecule has 0 saturated heterocycles. The van der Waals surface area contributed by atoms with Gasteiger partial charge in [0, 0.05) is 36.3 Å². The molecule has 2 amide bonds. The van der Waals surface area contributed by atoms with Gasteiger partial charge in [0.05, 0.1) is 18.5 Å². The van der Waals surface area contributed by atoms with Gasteiger partial charge in [0.15, 0.2) is 5.65 Å². The number of nitrogens with zero attached hydrogens (tertiary/aromatic N) is 4. The highest BCUT2D eigenvalue weighted by molar-refractivity contribution is 7.87. The van der Waals surface area contributed by atoms with Crippen molar-refractivity contribution in [2.24, 2.45) is 0 Å². The first-order chi connectivity index (χ1) is 17.9. The van der Waals surface area contributed by atoms with Crippen LogP contribution < -0.4 is 14.4 Å². The zero-order valence-electron chi connectivity index (χ0n) is 21.3. The molecular weight excluding hydrogens is 514 g/mol. The molecule has 0 aliphatic carbocycles. The molecule has 0 fully saturated rings. The van der Waals surface area contributed by atoms with E-state index >= 15 is 0 Å². The van der Waals surface area contributed by atoms with Crippen LogP contribution in [0, 0.1) is 0 Å². The molecule has 3 aromatic rings. The summed E-state index contributed by atoms with van der Waals surface area (Å²) in [6.45, 7) is 5.24. The number of hydrogen-bond acceptors (Lipinski definition) is 9. The number of benzene rings is 1. The van der Waals surface area contributed by atoms with Gasteiger partial charge in [-0.05, 0) is 56.5 Å². The normalized spacial score (nSPS) is 15.9. The fourth-order valence-corrected chi connectivity index (χ4v) is 5.45. The second-order valence-electron chi connectivity index (χ2n) is 9.89. The topological polar surface area (TPSA) is 140 Å². The summed E-state index contributed by atoms with van der Waals surface area (Å²) in [5.74, 6) is 0.407. The monoisotopic (exact) mass is 541 g/mol. The van der Waals surface area contributed by atoms with Crippen molar-refractivity contribution in [1.29, 1.82) is 0 Å². The van der Waals surface area contributed by atoms with E-state index in [-0.39, 0.29) is 19.7 Å². The minimum absolute atomic E-state index is 0.0609. The summed E-state index contributed by atoms with van der Waals surface area (Å²) >= 11 is 0. The van der Waals surface area contributed by atoms with Crippen molar-refractivity contribution in [3.63, 3.8) is 0 Å². The number of methoxy groups -OCH3 is 1. The Morgan fingerprint density at radius 3 is 2.66 bits per heavy atom. The van der Waals surface area contributed by atoms with Gasteiger partial charge < -0.3 is 14.2 Å². The molecule has 0 saturated carbocycles. The fraction of sp³-hybridized carbons (Fsp3) is 0.360. The summed E-state index contributed by atoms with van der Waals surface area (Å²) in [5.41, 5.74) is 3.16. The van der Waals surface area contributed by atoms with Crippen LogP contribution in [0.4, 0.5) is 21.0 Å². The van der Waals surface area contributed by atoms with Crippen molar-refractivity contribution in [2.75, 3.05) is 18.6 Å². The number of cyclic esters (lactones) is 1. The zero-order chi connectivity index (χ0) is 27.2. The van der Waals surface area contributed by atoms with E-state index in [2.05, 4.69) is 9.97 Å². The molecule has 5 rings (SSSR count). The third-order valence-electron chi connectivity index (χ3n) is 6.09. The number of ether oxygens (including phenoxy) is 3. The first kappa shape index (κ1) is 25.7. The number of fused-ring (bicyclic) bond motifs is 4. The molecule has 2 aliphatic heterocycles. The molecule has 1 aromatic carbocycles. The Labute approximate surface area is 219 Å². The standard InChI is InChI=1S/C25H27N5O7S/c1-25(2,3)37-23(31)28-38(33,34)29-10-9-15-11-18(6-5-16(15)13-29)30-21-17(14-36-24(30)32)12-26-22-19(21)7-8-20(27-22)35-4/h5-8,11-12H,9-10,13-14H2,1-4H3,(H,28,31). The molecular formula is C25H27N5O7S. The maximum absolute atomic E-state index is 13.0. The summed E-state index contributed by atoms with van der Waals surface area (Å²) in [5, 5.41) is 0.670. The van der Waals surface area contributed by atoms with Crippen molar-refractivity contribution in [1.82, 2.24) is 19.0 Å². The van der Waals surface area contributed by atoms with E-state index in [1.807, 2.05) is 10.8 Å². The predicted molar refractivity (Wildman–Crippen MR) is 137 cm³/mol. The molecule has 1 N–H and O–H groups in total. The number of aromatic nitrogens is 2. The predicted octanol–water partition coefficient (Wildman–Crippen LogP) is 3.55. The summed E-state index contributed by atoms with van der Waals surface area (Å²) in [7, 11) is -2.59. The molecule has 0 spiro atoms. The molecule has 13 heteroatoms. The van der Waals surface area contributed by atoms with Gasteiger partial charge in [0.1, 0.15) is 12.2 Å². The Hall–Kier alpha value is -3.97. The Kier molecular flexibility index (Phi) is 6.35.